The van der Waals surface area contributed by atoms with Crippen molar-refractivity contribution in [3.63, 3.8) is 0 Å². The second kappa shape index (κ2) is 11.4. The van der Waals surface area contributed by atoms with Gasteiger partial charge in [0.2, 0.25) is 0 Å². The fraction of sp³-hybridized carbons (Fsp3) is 0.474. The zero-order valence-electron chi connectivity index (χ0n) is 16.2. The number of nitrogens with one attached hydrogen (secondary N) is 2. The number of nitrogens with zero attached hydrogens (tertiary/aromatic N) is 2. The number of halogens is 1. The van der Waals surface area contributed by atoms with E-state index in [0.29, 0.717) is 13.2 Å². The van der Waals surface area contributed by atoms with Gasteiger partial charge in [-0.15, -0.1) is 35.3 Å². The van der Waals surface area contributed by atoms with Crippen LogP contribution < -0.4 is 15.4 Å². The van der Waals surface area contributed by atoms with Gasteiger partial charge in [-0.2, -0.15) is 0 Å². The summed E-state index contributed by atoms with van der Waals surface area (Å²) in [4.78, 5) is 10.1. The molecule has 0 amide bonds. The molecule has 7 heteroatoms. The minimum absolute atomic E-state index is 0. The number of aryl methyl sites for hydroxylation is 4. The number of hydrogen-bond acceptors (Lipinski definition) is 4. The van der Waals surface area contributed by atoms with E-state index in [1.165, 1.54) is 4.88 Å². The van der Waals surface area contributed by atoms with E-state index < -0.39 is 0 Å². The number of hydrogen-bond donors (Lipinski definition) is 2. The number of benzene rings is 1. The molecular formula is C19H29IN4OS. The van der Waals surface area contributed by atoms with Crippen LogP contribution >= 0.6 is 35.3 Å². The summed E-state index contributed by atoms with van der Waals surface area (Å²) in [6.07, 6.45) is 0.902. The SMILES string of the molecule is CN=C(NCCOc1c(C)cccc1C)NCCc1nc(C)c(C)s1.I. The molecule has 2 N–H and O–H groups in total. The van der Waals surface area contributed by atoms with Gasteiger partial charge in [0.1, 0.15) is 12.4 Å². The molecule has 5 nitrogen and oxygen atoms in total. The Kier molecular flexibility index (Phi) is 9.93. The van der Waals surface area contributed by atoms with Gasteiger partial charge in [0.05, 0.1) is 17.2 Å². The first-order valence-electron chi connectivity index (χ1n) is 8.57. The third kappa shape index (κ3) is 6.75. The summed E-state index contributed by atoms with van der Waals surface area (Å²) >= 11 is 1.76. The van der Waals surface area contributed by atoms with Crippen LogP contribution in [0.2, 0.25) is 0 Å². The average molecular weight is 488 g/mol. The van der Waals surface area contributed by atoms with Crippen LogP contribution in [-0.2, 0) is 6.42 Å². The summed E-state index contributed by atoms with van der Waals surface area (Å²) in [5, 5.41) is 7.76. The van der Waals surface area contributed by atoms with E-state index in [4.69, 9.17) is 4.74 Å². The van der Waals surface area contributed by atoms with Crippen LogP contribution in [0.1, 0.15) is 26.7 Å². The van der Waals surface area contributed by atoms with Gasteiger partial charge in [-0.1, -0.05) is 18.2 Å². The van der Waals surface area contributed by atoms with Crippen molar-refractivity contribution in [2.45, 2.75) is 34.1 Å². The minimum Gasteiger partial charge on any atom is -0.491 e. The molecule has 1 aromatic carbocycles. The van der Waals surface area contributed by atoms with Crippen molar-refractivity contribution in [2.75, 3.05) is 26.7 Å². The maximum Gasteiger partial charge on any atom is 0.191 e. The van der Waals surface area contributed by atoms with Gasteiger partial charge in [-0.25, -0.2) is 4.98 Å². The summed E-state index contributed by atoms with van der Waals surface area (Å²) in [5.74, 6) is 1.76. The summed E-state index contributed by atoms with van der Waals surface area (Å²) in [7, 11) is 1.78. The van der Waals surface area contributed by atoms with Crippen LogP contribution in [0, 0.1) is 27.7 Å². The van der Waals surface area contributed by atoms with Crippen LogP contribution in [0.4, 0.5) is 0 Å². The molecule has 0 bridgehead atoms. The number of para-hydroxylation sites is 1. The molecule has 0 aliphatic rings. The lowest BCUT2D eigenvalue weighted by Crippen LogP contribution is -2.40. The van der Waals surface area contributed by atoms with Gasteiger partial charge in [-0.3, -0.25) is 4.99 Å². The highest BCUT2D eigenvalue weighted by Gasteiger charge is 2.05. The highest BCUT2D eigenvalue weighted by molar-refractivity contribution is 14.0. The molecule has 0 atom stereocenters. The lowest BCUT2D eigenvalue weighted by molar-refractivity contribution is 0.317. The third-order valence-electron chi connectivity index (χ3n) is 3.98. The Morgan fingerprint density at radius 3 is 2.35 bits per heavy atom. The van der Waals surface area contributed by atoms with Crippen LogP contribution in [0.25, 0.3) is 0 Å². The van der Waals surface area contributed by atoms with Gasteiger partial charge in [-0.05, 0) is 38.8 Å². The van der Waals surface area contributed by atoms with Crippen LogP contribution in [0.5, 0.6) is 5.75 Å². The predicted octanol–water partition coefficient (Wildman–Crippen LogP) is 3.78. The van der Waals surface area contributed by atoms with Gasteiger partial charge in [0.25, 0.3) is 0 Å². The average Bonchev–Trinajstić information content (AvgIpc) is 2.90. The number of rotatable bonds is 7. The topological polar surface area (TPSA) is 58.5 Å². The first-order valence-corrected chi connectivity index (χ1v) is 9.39. The lowest BCUT2D eigenvalue weighted by Gasteiger charge is -2.14. The quantitative estimate of drug-likeness (QED) is 0.270. The maximum atomic E-state index is 5.90. The van der Waals surface area contributed by atoms with Crippen molar-refractivity contribution in [1.82, 2.24) is 15.6 Å². The Labute approximate surface area is 177 Å². The van der Waals surface area contributed by atoms with E-state index in [2.05, 4.69) is 60.4 Å². The third-order valence-corrected chi connectivity index (χ3v) is 5.11. The Balaban J connectivity index is 0.00000338. The number of guanidine groups is 1. The molecule has 2 aromatic rings. The summed E-state index contributed by atoms with van der Waals surface area (Å²) in [6, 6.07) is 6.18. The van der Waals surface area contributed by atoms with E-state index in [9.17, 15) is 0 Å². The van der Waals surface area contributed by atoms with Gasteiger partial charge < -0.3 is 15.4 Å². The Morgan fingerprint density at radius 2 is 1.77 bits per heavy atom. The molecule has 0 unspecified atom stereocenters. The molecular weight excluding hydrogens is 459 g/mol. The van der Waals surface area contributed by atoms with Gasteiger partial charge in [0.15, 0.2) is 5.96 Å². The van der Waals surface area contributed by atoms with Gasteiger partial charge >= 0.3 is 0 Å². The Morgan fingerprint density at radius 1 is 1.12 bits per heavy atom. The molecule has 0 radical (unpaired) electrons. The molecule has 0 saturated heterocycles. The summed E-state index contributed by atoms with van der Waals surface area (Å²) in [5.41, 5.74) is 3.46. The van der Waals surface area contributed by atoms with Crippen molar-refractivity contribution in [3.05, 3.63) is 44.9 Å². The lowest BCUT2D eigenvalue weighted by atomic mass is 10.1. The zero-order chi connectivity index (χ0) is 18.2. The monoisotopic (exact) mass is 488 g/mol. The molecule has 0 aliphatic heterocycles. The van der Waals surface area contributed by atoms with Crippen molar-refractivity contribution in [1.29, 1.82) is 0 Å². The fourth-order valence-electron chi connectivity index (χ4n) is 2.50. The molecule has 144 valence electrons. The van der Waals surface area contributed by atoms with Crippen molar-refractivity contribution in [2.24, 2.45) is 4.99 Å². The smallest absolute Gasteiger partial charge is 0.191 e. The standard InChI is InChI=1S/C19H28N4OS.HI/c1-13-7-6-8-14(2)18(13)24-12-11-22-19(20-5)21-10-9-17-23-15(3)16(4)25-17;/h6-8H,9-12H2,1-5H3,(H2,20,21,22);1H. The molecule has 2 rings (SSSR count). The van der Waals surface area contributed by atoms with Crippen molar-refractivity contribution < 1.29 is 4.74 Å². The number of ether oxygens (including phenoxy) is 1. The summed E-state index contributed by atoms with van der Waals surface area (Å²) in [6.45, 7) is 10.4. The summed E-state index contributed by atoms with van der Waals surface area (Å²) < 4.78 is 5.90. The highest BCUT2D eigenvalue weighted by atomic mass is 127. The van der Waals surface area contributed by atoms with E-state index in [1.807, 2.05) is 6.07 Å². The van der Waals surface area contributed by atoms with Crippen LogP contribution in [0.15, 0.2) is 23.2 Å². The largest absolute Gasteiger partial charge is 0.491 e. The molecule has 0 saturated carbocycles. The Hall–Kier alpha value is -1.35. The van der Waals surface area contributed by atoms with E-state index in [-0.39, 0.29) is 24.0 Å². The molecule has 26 heavy (non-hydrogen) atoms. The first kappa shape index (κ1) is 22.7. The zero-order valence-corrected chi connectivity index (χ0v) is 19.3. The molecule has 0 fully saturated rings. The predicted molar refractivity (Wildman–Crippen MR) is 121 cm³/mol. The fourth-order valence-corrected chi connectivity index (χ4v) is 3.44. The van der Waals surface area contributed by atoms with Crippen molar-refractivity contribution in [3.8, 4) is 5.75 Å². The van der Waals surface area contributed by atoms with E-state index in [0.717, 1.165) is 46.5 Å². The molecule has 1 aromatic heterocycles. The minimum atomic E-state index is 0. The Bertz CT molecular complexity index is 691. The first-order chi connectivity index (χ1) is 12.0. The maximum absolute atomic E-state index is 5.90. The molecule has 0 aliphatic carbocycles. The van der Waals surface area contributed by atoms with E-state index >= 15 is 0 Å². The number of thiazole rings is 1. The second-order valence-corrected chi connectivity index (χ2v) is 7.28. The number of aliphatic imine (C=N–C) groups is 1. The highest BCUT2D eigenvalue weighted by Crippen LogP contribution is 2.21. The molecule has 0 spiro atoms. The number of aromatic nitrogens is 1. The van der Waals surface area contributed by atoms with Crippen LogP contribution in [-0.4, -0.2) is 37.7 Å². The van der Waals surface area contributed by atoms with E-state index in [1.54, 1.807) is 18.4 Å². The molecule has 1 heterocycles. The normalized spacial score (nSPS) is 11.0. The second-order valence-electron chi connectivity index (χ2n) is 5.99. The van der Waals surface area contributed by atoms with Gasteiger partial charge in [0, 0.05) is 24.9 Å². The van der Waals surface area contributed by atoms with Crippen molar-refractivity contribution >= 4 is 41.3 Å². The van der Waals surface area contributed by atoms with Crippen LogP contribution in [0.3, 0.4) is 0 Å².